The van der Waals surface area contributed by atoms with Crippen LogP contribution in [0.15, 0.2) is 18.2 Å². The van der Waals surface area contributed by atoms with Crippen molar-refractivity contribution in [1.29, 1.82) is 0 Å². The Labute approximate surface area is 108 Å². The van der Waals surface area contributed by atoms with Gasteiger partial charge in [-0.05, 0) is 30.5 Å². The van der Waals surface area contributed by atoms with Gasteiger partial charge in [-0.3, -0.25) is 0 Å². The lowest BCUT2D eigenvalue weighted by Crippen LogP contribution is -2.36. The van der Waals surface area contributed by atoms with Crippen molar-refractivity contribution in [2.45, 2.75) is 32.4 Å². The minimum atomic E-state index is -0.633. The van der Waals surface area contributed by atoms with Gasteiger partial charge >= 0.3 is 0 Å². The predicted octanol–water partition coefficient (Wildman–Crippen LogP) is 2.18. The summed E-state index contributed by atoms with van der Waals surface area (Å²) in [6, 6.07) is 4.68. The number of hydrogen-bond donors (Lipinski definition) is 2. The van der Waals surface area contributed by atoms with Gasteiger partial charge in [0.15, 0.2) is 0 Å². The molecule has 0 aliphatic heterocycles. The molecule has 1 rings (SSSR count). The summed E-state index contributed by atoms with van der Waals surface area (Å²) in [4.78, 5) is 0. The Hall–Kier alpha value is -0.970. The van der Waals surface area contributed by atoms with E-state index in [1.165, 1.54) is 6.07 Å². The molecule has 1 aromatic carbocycles. The van der Waals surface area contributed by atoms with Crippen LogP contribution in [-0.2, 0) is 4.74 Å². The molecule has 3 nitrogen and oxygen atoms in total. The molecule has 0 aliphatic carbocycles. The van der Waals surface area contributed by atoms with E-state index in [0.717, 1.165) is 12.0 Å². The lowest BCUT2D eigenvalue weighted by Gasteiger charge is -2.23. The molecule has 0 heterocycles. The largest absolute Gasteiger partial charge is 0.387 e. The van der Waals surface area contributed by atoms with Crippen molar-refractivity contribution in [3.8, 4) is 0 Å². The van der Waals surface area contributed by atoms with Crippen LogP contribution in [0.25, 0.3) is 0 Å². The minimum absolute atomic E-state index is 0.0509. The molecule has 2 atom stereocenters. The first kappa shape index (κ1) is 15.1. The van der Waals surface area contributed by atoms with Crippen molar-refractivity contribution in [3.05, 3.63) is 35.1 Å². The van der Waals surface area contributed by atoms with E-state index in [4.69, 9.17) is 4.74 Å². The molecular formula is C14H22FNO2. The molecule has 0 radical (unpaired) electrons. The lowest BCUT2D eigenvalue weighted by atomic mass is 9.98. The van der Waals surface area contributed by atoms with Crippen molar-refractivity contribution >= 4 is 0 Å². The monoisotopic (exact) mass is 255 g/mol. The molecule has 2 unspecified atom stereocenters. The molecule has 0 aromatic heterocycles. The summed E-state index contributed by atoms with van der Waals surface area (Å²) in [5, 5.41) is 13.5. The minimum Gasteiger partial charge on any atom is -0.387 e. The zero-order chi connectivity index (χ0) is 13.5. The Bertz CT molecular complexity index is 371. The van der Waals surface area contributed by atoms with Crippen molar-refractivity contribution in [2.24, 2.45) is 0 Å². The van der Waals surface area contributed by atoms with E-state index in [1.807, 2.05) is 6.92 Å². The SMILES string of the molecule is CCC(NCCOC)C(O)c1ccc(F)c(C)c1. The normalized spacial score (nSPS) is 14.5. The van der Waals surface area contributed by atoms with Crippen molar-refractivity contribution in [2.75, 3.05) is 20.3 Å². The van der Waals surface area contributed by atoms with E-state index in [2.05, 4.69) is 5.32 Å². The van der Waals surface area contributed by atoms with E-state index in [0.29, 0.717) is 18.7 Å². The molecule has 0 bridgehead atoms. The summed E-state index contributed by atoms with van der Waals surface area (Å²) in [5.74, 6) is -0.244. The maximum atomic E-state index is 13.2. The average Bonchev–Trinajstić information content (AvgIpc) is 2.37. The fourth-order valence-electron chi connectivity index (χ4n) is 1.91. The van der Waals surface area contributed by atoms with Gasteiger partial charge in [-0.1, -0.05) is 19.1 Å². The fourth-order valence-corrected chi connectivity index (χ4v) is 1.91. The number of hydrogen-bond acceptors (Lipinski definition) is 3. The highest BCUT2D eigenvalue weighted by atomic mass is 19.1. The van der Waals surface area contributed by atoms with Crippen molar-refractivity contribution < 1.29 is 14.2 Å². The number of methoxy groups -OCH3 is 1. The van der Waals surface area contributed by atoms with Crippen LogP contribution >= 0.6 is 0 Å². The molecule has 0 spiro atoms. The molecule has 0 saturated heterocycles. The highest BCUT2D eigenvalue weighted by Gasteiger charge is 2.19. The van der Waals surface area contributed by atoms with E-state index in [1.54, 1.807) is 26.2 Å². The van der Waals surface area contributed by atoms with E-state index in [-0.39, 0.29) is 11.9 Å². The molecule has 18 heavy (non-hydrogen) atoms. The number of aliphatic hydroxyl groups excluding tert-OH is 1. The molecule has 0 saturated carbocycles. The molecule has 2 N–H and O–H groups in total. The quantitative estimate of drug-likeness (QED) is 0.734. The van der Waals surface area contributed by atoms with Gasteiger partial charge in [0.1, 0.15) is 5.82 Å². The number of nitrogens with one attached hydrogen (secondary N) is 1. The third kappa shape index (κ3) is 4.05. The first-order valence-electron chi connectivity index (χ1n) is 6.26. The summed E-state index contributed by atoms with van der Waals surface area (Å²) in [6.45, 7) is 4.99. The number of halogens is 1. The van der Waals surface area contributed by atoms with E-state index >= 15 is 0 Å². The number of aliphatic hydroxyl groups is 1. The van der Waals surface area contributed by atoms with E-state index < -0.39 is 6.10 Å². The zero-order valence-electron chi connectivity index (χ0n) is 11.2. The number of benzene rings is 1. The first-order chi connectivity index (χ1) is 8.60. The van der Waals surface area contributed by atoms with Crippen molar-refractivity contribution in [3.63, 3.8) is 0 Å². The number of rotatable bonds is 7. The van der Waals surface area contributed by atoms with Crippen LogP contribution in [0.5, 0.6) is 0 Å². The third-order valence-corrected chi connectivity index (χ3v) is 3.06. The summed E-state index contributed by atoms with van der Waals surface area (Å²) in [7, 11) is 1.64. The smallest absolute Gasteiger partial charge is 0.126 e. The van der Waals surface area contributed by atoms with Gasteiger partial charge in [-0.2, -0.15) is 0 Å². The van der Waals surface area contributed by atoms with Crippen LogP contribution in [-0.4, -0.2) is 31.4 Å². The standard InChI is InChI=1S/C14H22FNO2/c1-4-13(16-7-8-18-3)14(17)11-5-6-12(15)10(2)9-11/h5-6,9,13-14,16-17H,4,7-8H2,1-3H3. The van der Waals surface area contributed by atoms with Crippen LogP contribution in [0.2, 0.25) is 0 Å². The second-order valence-electron chi connectivity index (χ2n) is 4.42. The topological polar surface area (TPSA) is 41.5 Å². The fraction of sp³-hybridized carbons (Fsp3) is 0.571. The van der Waals surface area contributed by atoms with Gasteiger partial charge in [-0.25, -0.2) is 4.39 Å². The molecular weight excluding hydrogens is 233 g/mol. The Kier molecular flexibility index (Phi) is 6.25. The van der Waals surface area contributed by atoms with E-state index in [9.17, 15) is 9.50 Å². The highest BCUT2D eigenvalue weighted by Crippen LogP contribution is 2.21. The maximum Gasteiger partial charge on any atom is 0.126 e. The molecule has 0 fully saturated rings. The van der Waals surface area contributed by atoms with Crippen LogP contribution in [0.3, 0.4) is 0 Å². The molecule has 0 aliphatic rings. The highest BCUT2D eigenvalue weighted by molar-refractivity contribution is 5.26. The van der Waals surface area contributed by atoms with Crippen molar-refractivity contribution in [1.82, 2.24) is 5.32 Å². The van der Waals surface area contributed by atoms with Gasteiger partial charge < -0.3 is 15.2 Å². The van der Waals surface area contributed by atoms with Crippen LogP contribution < -0.4 is 5.32 Å². The van der Waals surface area contributed by atoms with Gasteiger partial charge in [0.25, 0.3) is 0 Å². The Morgan fingerprint density at radius 1 is 1.44 bits per heavy atom. The Balaban J connectivity index is 2.69. The van der Waals surface area contributed by atoms with Crippen LogP contribution in [0.1, 0.15) is 30.6 Å². The van der Waals surface area contributed by atoms with Crippen LogP contribution in [0.4, 0.5) is 4.39 Å². The number of ether oxygens (including phenoxy) is 1. The molecule has 1 aromatic rings. The summed E-state index contributed by atoms with van der Waals surface area (Å²) in [5.41, 5.74) is 1.30. The second kappa shape index (κ2) is 7.46. The molecule has 102 valence electrons. The zero-order valence-corrected chi connectivity index (χ0v) is 11.2. The first-order valence-corrected chi connectivity index (χ1v) is 6.26. The predicted molar refractivity (Wildman–Crippen MR) is 70.1 cm³/mol. The van der Waals surface area contributed by atoms with Gasteiger partial charge in [-0.15, -0.1) is 0 Å². The third-order valence-electron chi connectivity index (χ3n) is 3.06. The summed E-state index contributed by atoms with van der Waals surface area (Å²) >= 11 is 0. The van der Waals surface area contributed by atoms with Gasteiger partial charge in [0, 0.05) is 19.7 Å². The second-order valence-corrected chi connectivity index (χ2v) is 4.42. The average molecular weight is 255 g/mol. The van der Waals surface area contributed by atoms with Crippen LogP contribution in [0, 0.1) is 12.7 Å². The van der Waals surface area contributed by atoms with Gasteiger partial charge in [0.2, 0.25) is 0 Å². The maximum absolute atomic E-state index is 13.2. The lowest BCUT2D eigenvalue weighted by molar-refractivity contribution is 0.117. The Morgan fingerprint density at radius 2 is 2.17 bits per heavy atom. The number of aryl methyl sites for hydroxylation is 1. The molecule has 0 amide bonds. The van der Waals surface area contributed by atoms with Gasteiger partial charge in [0.05, 0.1) is 12.7 Å². The summed E-state index contributed by atoms with van der Waals surface area (Å²) in [6.07, 6.45) is 0.160. The Morgan fingerprint density at radius 3 is 2.72 bits per heavy atom. The summed E-state index contributed by atoms with van der Waals surface area (Å²) < 4.78 is 18.1. The molecule has 4 heteroatoms.